The summed E-state index contributed by atoms with van der Waals surface area (Å²) in [5, 5.41) is 3.24. The van der Waals surface area contributed by atoms with Gasteiger partial charge in [0.2, 0.25) is 0 Å². The first-order valence-corrected chi connectivity index (χ1v) is 10.4. The standard InChI is InChI=1S/C20H19ClN4O3S/c1-25(2)19-12-9-17(13-22-19)23-20(26)14-3-10-18(11-4-14)29(27,28)24-16-7-5-15(21)6-8-16/h3-13,24H,1-2H3,(H,23,26). The molecule has 0 spiro atoms. The van der Waals surface area contributed by atoms with Gasteiger partial charge < -0.3 is 10.2 Å². The molecule has 7 nitrogen and oxygen atoms in total. The van der Waals surface area contributed by atoms with Crippen molar-refractivity contribution in [3.63, 3.8) is 0 Å². The molecule has 3 rings (SSSR count). The maximum absolute atomic E-state index is 12.5. The van der Waals surface area contributed by atoms with E-state index >= 15 is 0 Å². The highest BCUT2D eigenvalue weighted by Crippen LogP contribution is 2.19. The van der Waals surface area contributed by atoms with Gasteiger partial charge in [0.1, 0.15) is 5.82 Å². The van der Waals surface area contributed by atoms with E-state index in [2.05, 4.69) is 15.0 Å². The monoisotopic (exact) mass is 430 g/mol. The number of carbonyl (C=O) groups is 1. The van der Waals surface area contributed by atoms with Crippen molar-refractivity contribution in [2.45, 2.75) is 4.90 Å². The molecule has 1 heterocycles. The van der Waals surface area contributed by atoms with Gasteiger partial charge in [0.05, 0.1) is 16.8 Å². The van der Waals surface area contributed by atoms with Gasteiger partial charge in [-0.2, -0.15) is 0 Å². The van der Waals surface area contributed by atoms with E-state index < -0.39 is 10.0 Å². The largest absolute Gasteiger partial charge is 0.363 e. The molecule has 2 aromatic carbocycles. The summed E-state index contributed by atoms with van der Waals surface area (Å²) in [7, 11) is -0.0339. The van der Waals surface area contributed by atoms with E-state index in [0.29, 0.717) is 22.0 Å². The minimum Gasteiger partial charge on any atom is -0.363 e. The number of halogens is 1. The van der Waals surface area contributed by atoms with E-state index in [1.54, 1.807) is 42.6 Å². The van der Waals surface area contributed by atoms with E-state index in [1.807, 2.05) is 19.0 Å². The van der Waals surface area contributed by atoms with Crippen molar-refractivity contribution in [2.75, 3.05) is 29.0 Å². The third-order valence-electron chi connectivity index (χ3n) is 3.99. The third kappa shape index (κ3) is 5.24. The van der Waals surface area contributed by atoms with Crippen LogP contribution in [0.2, 0.25) is 5.02 Å². The van der Waals surface area contributed by atoms with E-state index in [9.17, 15) is 13.2 Å². The summed E-state index contributed by atoms with van der Waals surface area (Å²) in [4.78, 5) is 18.5. The number of aromatic nitrogens is 1. The molecule has 0 fully saturated rings. The normalized spacial score (nSPS) is 11.0. The van der Waals surface area contributed by atoms with Gasteiger partial charge in [-0.15, -0.1) is 0 Å². The Balaban J connectivity index is 1.70. The second kappa shape index (κ2) is 8.50. The predicted octanol–water partition coefficient (Wildman–Crippen LogP) is 3.85. The van der Waals surface area contributed by atoms with Crippen LogP contribution < -0.4 is 14.9 Å². The molecule has 0 atom stereocenters. The Morgan fingerprint density at radius 3 is 2.10 bits per heavy atom. The molecule has 0 aliphatic rings. The van der Waals surface area contributed by atoms with E-state index in [0.717, 1.165) is 5.82 Å². The van der Waals surface area contributed by atoms with Crippen LogP contribution in [-0.4, -0.2) is 33.4 Å². The number of nitrogens with zero attached hydrogens (tertiary/aromatic N) is 2. The van der Waals surface area contributed by atoms with Gasteiger partial charge in [-0.25, -0.2) is 13.4 Å². The van der Waals surface area contributed by atoms with Crippen molar-refractivity contribution < 1.29 is 13.2 Å². The van der Waals surface area contributed by atoms with Crippen LogP contribution in [0.3, 0.4) is 0 Å². The number of benzene rings is 2. The van der Waals surface area contributed by atoms with Crippen molar-refractivity contribution in [1.29, 1.82) is 0 Å². The van der Waals surface area contributed by atoms with Crippen molar-refractivity contribution >= 4 is 44.7 Å². The van der Waals surface area contributed by atoms with Crippen LogP contribution in [0.4, 0.5) is 17.2 Å². The summed E-state index contributed by atoms with van der Waals surface area (Å²) < 4.78 is 27.4. The second-order valence-electron chi connectivity index (χ2n) is 6.39. The van der Waals surface area contributed by atoms with Crippen molar-refractivity contribution in [1.82, 2.24) is 4.98 Å². The summed E-state index contributed by atoms with van der Waals surface area (Å²) >= 11 is 5.81. The van der Waals surface area contributed by atoms with Crippen LogP contribution in [0.15, 0.2) is 71.8 Å². The van der Waals surface area contributed by atoms with Crippen molar-refractivity contribution in [3.8, 4) is 0 Å². The predicted molar refractivity (Wildman–Crippen MR) is 115 cm³/mol. The first kappa shape index (κ1) is 20.6. The van der Waals surface area contributed by atoms with Crippen LogP contribution in [0.1, 0.15) is 10.4 Å². The summed E-state index contributed by atoms with van der Waals surface area (Å²) in [5.41, 5.74) is 1.26. The van der Waals surface area contributed by atoms with Gasteiger partial charge in [-0.1, -0.05) is 11.6 Å². The Kier molecular flexibility index (Phi) is 6.05. The van der Waals surface area contributed by atoms with Gasteiger partial charge in [0.15, 0.2) is 0 Å². The zero-order chi connectivity index (χ0) is 21.0. The number of nitrogens with one attached hydrogen (secondary N) is 2. The molecule has 0 aliphatic heterocycles. The highest BCUT2D eigenvalue weighted by Gasteiger charge is 2.15. The molecule has 0 radical (unpaired) electrons. The van der Waals surface area contributed by atoms with Gasteiger partial charge in [0, 0.05) is 30.4 Å². The molecule has 0 aliphatic carbocycles. The molecule has 0 unspecified atom stereocenters. The molecule has 0 saturated carbocycles. The number of hydrogen-bond donors (Lipinski definition) is 2. The Morgan fingerprint density at radius 2 is 1.55 bits per heavy atom. The molecular formula is C20H19ClN4O3S. The summed E-state index contributed by atoms with van der Waals surface area (Å²) in [6.07, 6.45) is 1.56. The smallest absolute Gasteiger partial charge is 0.261 e. The molecule has 150 valence electrons. The lowest BCUT2D eigenvalue weighted by atomic mass is 10.2. The maximum atomic E-state index is 12.5. The number of rotatable bonds is 6. The summed E-state index contributed by atoms with van der Waals surface area (Å²) in [5.74, 6) is 0.407. The van der Waals surface area contributed by atoms with Crippen LogP contribution >= 0.6 is 11.6 Å². The Labute approximate surface area is 174 Å². The lowest BCUT2D eigenvalue weighted by molar-refractivity contribution is 0.102. The van der Waals surface area contributed by atoms with Gasteiger partial charge in [-0.3, -0.25) is 9.52 Å². The van der Waals surface area contributed by atoms with Crippen molar-refractivity contribution in [2.24, 2.45) is 0 Å². The van der Waals surface area contributed by atoms with Crippen LogP contribution in [0.25, 0.3) is 0 Å². The molecule has 2 N–H and O–H groups in total. The molecule has 9 heteroatoms. The molecule has 3 aromatic rings. The molecule has 1 aromatic heterocycles. The first-order chi connectivity index (χ1) is 13.7. The zero-order valence-corrected chi connectivity index (χ0v) is 17.3. The van der Waals surface area contributed by atoms with E-state index in [1.165, 1.54) is 24.3 Å². The SMILES string of the molecule is CN(C)c1ccc(NC(=O)c2ccc(S(=O)(=O)Nc3ccc(Cl)cc3)cc2)cn1. The summed E-state index contributed by atoms with van der Waals surface area (Å²) in [6.45, 7) is 0. The van der Waals surface area contributed by atoms with Crippen LogP contribution in [0, 0.1) is 0 Å². The van der Waals surface area contributed by atoms with E-state index in [-0.39, 0.29) is 10.8 Å². The fraction of sp³-hybridized carbons (Fsp3) is 0.100. The fourth-order valence-corrected chi connectivity index (χ4v) is 3.63. The number of pyridine rings is 1. The highest BCUT2D eigenvalue weighted by molar-refractivity contribution is 7.92. The third-order valence-corrected chi connectivity index (χ3v) is 5.64. The molecule has 29 heavy (non-hydrogen) atoms. The number of hydrogen-bond acceptors (Lipinski definition) is 5. The number of carbonyl (C=O) groups excluding carboxylic acids is 1. The number of sulfonamides is 1. The first-order valence-electron chi connectivity index (χ1n) is 8.58. The van der Waals surface area contributed by atoms with Crippen LogP contribution in [-0.2, 0) is 10.0 Å². The molecule has 0 saturated heterocycles. The Hall–Kier alpha value is -3.10. The van der Waals surface area contributed by atoms with Crippen LogP contribution in [0.5, 0.6) is 0 Å². The Bertz CT molecular complexity index is 1100. The summed E-state index contributed by atoms with van der Waals surface area (Å²) in [6, 6.07) is 15.5. The zero-order valence-electron chi connectivity index (χ0n) is 15.8. The topological polar surface area (TPSA) is 91.4 Å². The van der Waals surface area contributed by atoms with Gasteiger partial charge in [0.25, 0.3) is 15.9 Å². The average Bonchev–Trinajstić information content (AvgIpc) is 2.70. The number of amides is 1. The second-order valence-corrected chi connectivity index (χ2v) is 8.51. The highest BCUT2D eigenvalue weighted by atomic mass is 35.5. The molecule has 1 amide bonds. The minimum absolute atomic E-state index is 0.0426. The Morgan fingerprint density at radius 1 is 0.931 bits per heavy atom. The maximum Gasteiger partial charge on any atom is 0.261 e. The van der Waals surface area contributed by atoms with Gasteiger partial charge in [-0.05, 0) is 60.7 Å². The van der Waals surface area contributed by atoms with E-state index in [4.69, 9.17) is 11.6 Å². The van der Waals surface area contributed by atoms with Gasteiger partial charge >= 0.3 is 0 Å². The fourth-order valence-electron chi connectivity index (χ4n) is 2.45. The molecular weight excluding hydrogens is 412 g/mol. The average molecular weight is 431 g/mol. The lowest BCUT2D eigenvalue weighted by Gasteiger charge is -2.12. The molecule has 0 bridgehead atoms. The number of anilines is 3. The van der Waals surface area contributed by atoms with Crippen molar-refractivity contribution in [3.05, 3.63) is 77.4 Å². The quantitative estimate of drug-likeness (QED) is 0.619. The lowest BCUT2D eigenvalue weighted by Crippen LogP contribution is -2.15. The minimum atomic E-state index is -3.78.